The molecule has 5 nitrogen and oxygen atoms in total. The Hall–Kier alpha value is -0.980. The second-order valence-corrected chi connectivity index (χ2v) is 7.00. The van der Waals surface area contributed by atoms with Crippen molar-refractivity contribution in [1.82, 2.24) is 4.98 Å². The van der Waals surface area contributed by atoms with Crippen LogP contribution in [0.5, 0.6) is 0 Å². The van der Waals surface area contributed by atoms with Crippen molar-refractivity contribution in [3.8, 4) is 0 Å². The Kier molecular flexibility index (Phi) is 4.87. The van der Waals surface area contributed by atoms with Gasteiger partial charge in [-0.05, 0) is 44.4 Å². The molecule has 21 heavy (non-hydrogen) atoms. The maximum atomic E-state index is 12.3. The summed E-state index contributed by atoms with van der Waals surface area (Å²) in [5.41, 5.74) is 7.27. The van der Waals surface area contributed by atoms with Crippen LogP contribution in [0.4, 0.5) is 5.13 Å². The van der Waals surface area contributed by atoms with Crippen LogP contribution in [-0.2, 0) is 22.4 Å². The summed E-state index contributed by atoms with van der Waals surface area (Å²) in [6.45, 7) is 1.41. The molecule has 1 aromatic rings. The van der Waals surface area contributed by atoms with Crippen molar-refractivity contribution in [2.24, 2.45) is 11.7 Å². The van der Waals surface area contributed by atoms with E-state index in [9.17, 15) is 4.79 Å². The summed E-state index contributed by atoms with van der Waals surface area (Å²) in [6, 6.07) is -0.461. The zero-order chi connectivity index (χ0) is 14.7. The minimum atomic E-state index is -0.461. The minimum Gasteiger partial charge on any atom is -0.381 e. The molecular weight excluding hydrogens is 286 g/mol. The van der Waals surface area contributed by atoms with Gasteiger partial charge in [-0.3, -0.25) is 4.79 Å². The van der Waals surface area contributed by atoms with Crippen molar-refractivity contribution in [3.63, 3.8) is 0 Å². The molecule has 1 unspecified atom stereocenters. The zero-order valence-corrected chi connectivity index (χ0v) is 13.1. The summed E-state index contributed by atoms with van der Waals surface area (Å²) >= 11 is 1.62. The number of carbonyl (C=O) groups excluding carboxylic acids is 1. The average molecular weight is 309 g/mol. The Morgan fingerprint density at radius 3 is 2.86 bits per heavy atom. The summed E-state index contributed by atoms with van der Waals surface area (Å²) in [5, 5.41) is 3.64. The number of thiazole rings is 1. The molecule has 1 saturated heterocycles. The highest BCUT2D eigenvalue weighted by Gasteiger charge is 2.27. The zero-order valence-electron chi connectivity index (χ0n) is 12.3. The number of amides is 1. The summed E-state index contributed by atoms with van der Waals surface area (Å²) in [4.78, 5) is 18.2. The highest BCUT2D eigenvalue weighted by Crippen LogP contribution is 2.29. The number of nitrogens with two attached hydrogens (primary N) is 1. The summed E-state index contributed by atoms with van der Waals surface area (Å²) in [6.07, 6.45) is 7.56. The molecule has 0 aromatic carbocycles. The van der Waals surface area contributed by atoms with E-state index in [1.54, 1.807) is 11.3 Å². The van der Waals surface area contributed by atoms with E-state index in [0.29, 0.717) is 13.2 Å². The van der Waals surface area contributed by atoms with Gasteiger partial charge in [-0.25, -0.2) is 4.98 Å². The molecule has 2 heterocycles. The van der Waals surface area contributed by atoms with Gasteiger partial charge >= 0.3 is 0 Å². The third kappa shape index (κ3) is 3.62. The fourth-order valence-electron chi connectivity index (χ4n) is 3.06. The van der Waals surface area contributed by atoms with Crippen LogP contribution in [0.15, 0.2) is 0 Å². The number of aromatic nitrogens is 1. The number of ether oxygens (including phenoxy) is 1. The number of fused-ring (bicyclic) bond motifs is 1. The van der Waals surface area contributed by atoms with Gasteiger partial charge in [0.2, 0.25) is 5.91 Å². The summed E-state index contributed by atoms with van der Waals surface area (Å²) in [7, 11) is 0. The third-order valence-corrected chi connectivity index (χ3v) is 5.48. The molecule has 2 aliphatic rings. The van der Waals surface area contributed by atoms with Crippen LogP contribution in [0.25, 0.3) is 0 Å². The first-order valence-electron chi connectivity index (χ1n) is 7.87. The second-order valence-electron chi connectivity index (χ2n) is 5.91. The van der Waals surface area contributed by atoms with Gasteiger partial charge in [-0.1, -0.05) is 6.42 Å². The molecule has 1 fully saturated rings. The van der Waals surface area contributed by atoms with E-state index in [0.717, 1.165) is 30.8 Å². The molecule has 0 bridgehead atoms. The van der Waals surface area contributed by atoms with Gasteiger partial charge in [0.25, 0.3) is 0 Å². The Balaban J connectivity index is 1.61. The Morgan fingerprint density at radius 1 is 1.29 bits per heavy atom. The highest BCUT2D eigenvalue weighted by atomic mass is 32.1. The van der Waals surface area contributed by atoms with E-state index >= 15 is 0 Å². The van der Waals surface area contributed by atoms with Crippen LogP contribution in [0.2, 0.25) is 0 Å². The van der Waals surface area contributed by atoms with Gasteiger partial charge in [-0.2, -0.15) is 0 Å². The summed E-state index contributed by atoms with van der Waals surface area (Å²) in [5.74, 6) is 0.113. The predicted octanol–water partition coefficient (Wildman–Crippen LogP) is 2.10. The number of rotatable bonds is 3. The molecule has 1 amide bonds. The summed E-state index contributed by atoms with van der Waals surface area (Å²) < 4.78 is 5.32. The fraction of sp³-hybridized carbons (Fsp3) is 0.733. The van der Waals surface area contributed by atoms with Gasteiger partial charge in [0, 0.05) is 18.1 Å². The van der Waals surface area contributed by atoms with Crippen molar-refractivity contribution in [1.29, 1.82) is 0 Å². The minimum absolute atomic E-state index is 0.106. The lowest BCUT2D eigenvalue weighted by Gasteiger charge is -2.26. The van der Waals surface area contributed by atoms with Crippen LogP contribution in [0, 0.1) is 5.92 Å². The van der Waals surface area contributed by atoms with E-state index in [4.69, 9.17) is 10.5 Å². The van der Waals surface area contributed by atoms with Crippen LogP contribution in [-0.4, -0.2) is 30.1 Å². The molecule has 3 rings (SSSR count). The fourth-order valence-corrected chi connectivity index (χ4v) is 4.11. The lowest BCUT2D eigenvalue weighted by atomic mass is 9.92. The monoisotopic (exact) mass is 309 g/mol. The molecule has 116 valence electrons. The molecule has 0 radical (unpaired) electrons. The molecule has 1 aliphatic heterocycles. The topological polar surface area (TPSA) is 77.2 Å². The average Bonchev–Trinajstić information content (AvgIpc) is 2.76. The van der Waals surface area contributed by atoms with Crippen LogP contribution < -0.4 is 11.1 Å². The standard InChI is InChI=1S/C15H23N3O2S/c16-13(10-6-8-20-9-7-10)14(19)18-15-17-11-4-2-1-3-5-12(11)21-15/h10,13H,1-9,16H2,(H,17,18,19). The van der Waals surface area contributed by atoms with Crippen molar-refractivity contribution < 1.29 is 9.53 Å². The van der Waals surface area contributed by atoms with Gasteiger partial charge in [0.05, 0.1) is 11.7 Å². The lowest BCUT2D eigenvalue weighted by molar-refractivity contribution is -0.119. The van der Waals surface area contributed by atoms with Gasteiger partial charge in [-0.15, -0.1) is 11.3 Å². The predicted molar refractivity (Wildman–Crippen MR) is 83.5 cm³/mol. The first-order valence-corrected chi connectivity index (χ1v) is 8.68. The van der Waals surface area contributed by atoms with E-state index < -0.39 is 6.04 Å². The smallest absolute Gasteiger partial charge is 0.243 e. The highest BCUT2D eigenvalue weighted by molar-refractivity contribution is 7.15. The Bertz CT molecular complexity index is 474. The van der Waals surface area contributed by atoms with E-state index in [1.807, 2.05) is 0 Å². The van der Waals surface area contributed by atoms with Gasteiger partial charge in [0.1, 0.15) is 0 Å². The number of nitrogens with one attached hydrogen (secondary N) is 1. The normalized spacial score (nSPS) is 21.4. The molecule has 1 aromatic heterocycles. The van der Waals surface area contributed by atoms with E-state index in [-0.39, 0.29) is 11.8 Å². The quantitative estimate of drug-likeness (QED) is 0.838. The molecule has 0 spiro atoms. The van der Waals surface area contributed by atoms with Crippen LogP contribution in [0.1, 0.15) is 42.7 Å². The number of nitrogens with zero attached hydrogens (tertiary/aromatic N) is 1. The Labute approximate surface area is 129 Å². The second kappa shape index (κ2) is 6.85. The first-order chi connectivity index (χ1) is 10.2. The number of hydrogen-bond donors (Lipinski definition) is 2. The largest absolute Gasteiger partial charge is 0.381 e. The van der Waals surface area contributed by atoms with Crippen molar-refractivity contribution in [2.75, 3.05) is 18.5 Å². The van der Waals surface area contributed by atoms with Crippen LogP contribution >= 0.6 is 11.3 Å². The lowest BCUT2D eigenvalue weighted by Crippen LogP contribution is -2.44. The van der Waals surface area contributed by atoms with Crippen LogP contribution in [0.3, 0.4) is 0 Å². The third-order valence-electron chi connectivity index (χ3n) is 4.40. The molecule has 6 heteroatoms. The van der Waals surface area contributed by atoms with Crippen molar-refractivity contribution >= 4 is 22.4 Å². The molecule has 1 atom stereocenters. The molecule has 0 saturated carbocycles. The maximum absolute atomic E-state index is 12.3. The van der Waals surface area contributed by atoms with E-state index in [1.165, 1.54) is 29.8 Å². The van der Waals surface area contributed by atoms with E-state index in [2.05, 4.69) is 10.3 Å². The molecular formula is C15H23N3O2S. The van der Waals surface area contributed by atoms with Gasteiger partial charge in [0.15, 0.2) is 5.13 Å². The Morgan fingerprint density at radius 2 is 2.05 bits per heavy atom. The number of aryl methyl sites for hydroxylation is 2. The maximum Gasteiger partial charge on any atom is 0.243 e. The van der Waals surface area contributed by atoms with Crippen molar-refractivity contribution in [2.45, 2.75) is 51.0 Å². The van der Waals surface area contributed by atoms with Crippen molar-refractivity contribution in [3.05, 3.63) is 10.6 Å². The number of anilines is 1. The number of hydrogen-bond acceptors (Lipinski definition) is 5. The van der Waals surface area contributed by atoms with Gasteiger partial charge < -0.3 is 15.8 Å². The first kappa shape index (κ1) is 14.9. The molecule has 1 aliphatic carbocycles. The molecule has 3 N–H and O–H groups in total. The number of carbonyl (C=O) groups is 1. The SMILES string of the molecule is NC(C(=O)Nc1nc2c(s1)CCCCC2)C1CCOCC1.